The lowest BCUT2D eigenvalue weighted by Crippen LogP contribution is -2.45. The van der Waals surface area contributed by atoms with Crippen molar-refractivity contribution in [1.29, 1.82) is 0 Å². The number of nitrogens with one attached hydrogen (secondary N) is 1. The first kappa shape index (κ1) is 9.97. The molecule has 1 aliphatic heterocycles. The Bertz CT molecular complexity index is 205. The van der Waals surface area contributed by atoms with Gasteiger partial charge in [0.15, 0.2) is 0 Å². The fraction of sp³-hybridized carbons (Fsp3) is 0.909. The van der Waals surface area contributed by atoms with Crippen molar-refractivity contribution in [2.75, 3.05) is 13.6 Å². The molecule has 1 amide bonds. The molecule has 1 atom stereocenters. The van der Waals surface area contributed by atoms with Crippen LogP contribution >= 0.6 is 0 Å². The van der Waals surface area contributed by atoms with Crippen LogP contribution in [0.3, 0.4) is 0 Å². The lowest BCUT2D eigenvalue weighted by molar-refractivity contribution is -0.132. The molecule has 0 bridgehead atoms. The third kappa shape index (κ3) is 2.27. The van der Waals surface area contributed by atoms with Gasteiger partial charge < -0.3 is 10.2 Å². The van der Waals surface area contributed by atoms with Gasteiger partial charge in [0, 0.05) is 13.1 Å². The molecule has 3 nitrogen and oxygen atoms in total. The summed E-state index contributed by atoms with van der Waals surface area (Å²) >= 11 is 0. The number of carbonyl (C=O) groups excluding carboxylic acids is 1. The van der Waals surface area contributed by atoms with Crippen LogP contribution in [0.4, 0.5) is 0 Å². The van der Waals surface area contributed by atoms with Crippen LogP contribution in [0.5, 0.6) is 0 Å². The minimum Gasteiger partial charge on any atom is -0.341 e. The number of likely N-dealkylation sites (N-methyl/N-ethyl adjacent to an activating group) is 1. The molecule has 80 valence electrons. The Kier molecular flexibility index (Phi) is 3.06. The highest BCUT2D eigenvalue weighted by molar-refractivity contribution is 5.82. The number of hydrogen-bond donors (Lipinski definition) is 1. The van der Waals surface area contributed by atoms with Gasteiger partial charge in [-0.1, -0.05) is 12.8 Å². The van der Waals surface area contributed by atoms with Gasteiger partial charge in [0.05, 0.1) is 6.04 Å². The van der Waals surface area contributed by atoms with E-state index in [1.807, 2.05) is 11.9 Å². The molecule has 0 aromatic rings. The van der Waals surface area contributed by atoms with E-state index in [9.17, 15) is 4.79 Å². The minimum atomic E-state index is 0.100. The normalized spacial score (nSPS) is 28.2. The second-order valence-corrected chi connectivity index (χ2v) is 4.54. The number of nitrogens with zero attached hydrogens (tertiary/aromatic N) is 1. The zero-order valence-corrected chi connectivity index (χ0v) is 8.96. The van der Waals surface area contributed by atoms with Crippen molar-refractivity contribution in [2.45, 2.75) is 50.6 Å². The molecule has 1 heterocycles. The molecule has 3 heteroatoms. The molecule has 2 fully saturated rings. The average Bonchev–Trinajstić information content (AvgIpc) is 3.02. The average molecular weight is 196 g/mol. The number of amides is 1. The lowest BCUT2D eigenvalue weighted by atomic mass is 10.1. The summed E-state index contributed by atoms with van der Waals surface area (Å²) in [7, 11) is 1.95. The van der Waals surface area contributed by atoms with Crippen molar-refractivity contribution < 1.29 is 4.79 Å². The fourth-order valence-electron chi connectivity index (χ4n) is 2.13. The van der Waals surface area contributed by atoms with Crippen LogP contribution in [0.25, 0.3) is 0 Å². The van der Waals surface area contributed by atoms with Crippen LogP contribution in [0, 0.1) is 0 Å². The first-order valence-electron chi connectivity index (χ1n) is 5.79. The van der Waals surface area contributed by atoms with Gasteiger partial charge in [-0.3, -0.25) is 4.79 Å². The van der Waals surface area contributed by atoms with Crippen molar-refractivity contribution >= 4 is 5.91 Å². The summed E-state index contributed by atoms with van der Waals surface area (Å²) in [6, 6.07) is 0.649. The minimum absolute atomic E-state index is 0.100. The number of rotatable bonds is 2. The quantitative estimate of drug-likeness (QED) is 0.718. The number of hydrogen-bond acceptors (Lipinski definition) is 2. The number of carbonyl (C=O) groups is 1. The Hall–Kier alpha value is -0.570. The monoisotopic (exact) mass is 196 g/mol. The Labute approximate surface area is 85.8 Å². The molecular weight excluding hydrogens is 176 g/mol. The fourth-order valence-corrected chi connectivity index (χ4v) is 2.13. The van der Waals surface area contributed by atoms with E-state index in [1.54, 1.807) is 0 Å². The van der Waals surface area contributed by atoms with Crippen LogP contribution in [0.2, 0.25) is 0 Å². The second kappa shape index (κ2) is 4.30. The van der Waals surface area contributed by atoms with E-state index in [0.29, 0.717) is 11.9 Å². The Balaban J connectivity index is 1.87. The van der Waals surface area contributed by atoms with Gasteiger partial charge in [0.25, 0.3) is 0 Å². The van der Waals surface area contributed by atoms with E-state index in [0.717, 1.165) is 13.0 Å². The standard InChI is InChI=1S/C11H20N2O/c1-13(9-6-7-9)11(14)10-5-3-2-4-8-12-10/h9-10,12H,2-8H2,1H3. The summed E-state index contributed by atoms with van der Waals surface area (Å²) in [5, 5.41) is 3.35. The van der Waals surface area contributed by atoms with E-state index >= 15 is 0 Å². The molecule has 1 unspecified atom stereocenters. The third-order valence-corrected chi connectivity index (χ3v) is 3.30. The van der Waals surface area contributed by atoms with Crippen molar-refractivity contribution in [1.82, 2.24) is 10.2 Å². The topological polar surface area (TPSA) is 32.3 Å². The Morgan fingerprint density at radius 2 is 2.00 bits per heavy atom. The summed E-state index contributed by atoms with van der Waals surface area (Å²) < 4.78 is 0. The van der Waals surface area contributed by atoms with Crippen molar-refractivity contribution in [2.24, 2.45) is 0 Å². The summed E-state index contributed by atoms with van der Waals surface area (Å²) in [5.41, 5.74) is 0. The summed E-state index contributed by atoms with van der Waals surface area (Å²) in [5.74, 6) is 0.314. The van der Waals surface area contributed by atoms with Crippen LogP contribution in [0.15, 0.2) is 0 Å². The van der Waals surface area contributed by atoms with E-state index in [-0.39, 0.29) is 6.04 Å². The predicted octanol–water partition coefficient (Wildman–Crippen LogP) is 1.14. The molecule has 2 aliphatic rings. The highest BCUT2D eigenvalue weighted by Gasteiger charge is 2.33. The van der Waals surface area contributed by atoms with Crippen LogP contribution in [-0.4, -0.2) is 36.5 Å². The van der Waals surface area contributed by atoms with Gasteiger partial charge >= 0.3 is 0 Å². The van der Waals surface area contributed by atoms with Gasteiger partial charge in [-0.05, 0) is 32.2 Å². The highest BCUT2D eigenvalue weighted by Crippen LogP contribution is 2.26. The highest BCUT2D eigenvalue weighted by atomic mass is 16.2. The largest absolute Gasteiger partial charge is 0.341 e. The van der Waals surface area contributed by atoms with Crippen molar-refractivity contribution in [3.05, 3.63) is 0 Å². The molecule has 0 radical (unpaired) electrons. The molecule has 1 saturated carbocycles. The first-order chi connectivity index (χ1) is 6.79. The van der Waals surface area contributed by atoms with Gasteiger partial charge in [-0.2, -0.15) is 0 Å². The molecule has 0 aromatic heterocycles. The smallest absolute Gasteiger partial charge is 0.239 e. The molecular formula is C11H20N2O. The van der Waals surface area contributed by atoms with Crippen LogP contribution < -0.4 is 5.32 Å². The van der Waals surface area contributed by atoms with Gasteiger partial charge in [0.1, 0.15) is 0 Å². The Morgan fingerprint density at radius 1 is 1.21 bits per heavy atom. The molecule has 1 N–H and O–H groups in total. The Morgan fingerprint density at radius 3 is 2.71 bits per heavy atom. The molecule has 0 spiro atoms. The predicted molar refractivity (Wildman–Crippen MR) is 56.1 cm³/mol. The van der Waals surface area contributed by atoms with E-state index in [2.05, 4.69) is 5.32 Å². The van der Waals surface area contributed by atoms with E-state index in [1.165, 1.54) is 32.1 Å². The zero-order valence-electron chi connectivity index (χ0n) is 8.96. The lowest BCUT2D eigenvalue weighted by Gasteiger charge is -2.23. The molecule has 14 heavy (non-hydrogen) atoms. The zero-order chi connectivity index (χ0) is 9.97. The SMILES string of the molecule is CN(C(=O)C1CCCCCN1)C1CC1. The van der Waals surface area contributed by atoms with Crippen molar-refractivity contribution in [3.63, 3.8) is 0 Å². The summed E-state index contributed by atoms with van der Waals surface area (Å²) in [6.45, 7) is 1.01. The second-order valence-electron chi connectivity index (χ2n) is 4.54. The van der Waals surface area contributed by atoms with Gasteiger partial charge in [-0.15, -0.1) is 0 Å². The summed E-state index contributed by atoms with van der Waals surface area (Å²) in [6.07, 6.45) is 7.11. The first-order valence-corrected chi connectivity index (χ1v) is 5.79. The molecule has 1 aliphatic carbocycles. The maximum atomic E-state index is 12.0. The molecule has 1 saturated heterocycles. The van der Waals surface area contributed by atoms with Gasteiger partial charge in [-0.25, -0.2) is 0 Å². The van der Waals surface area contributed by atoms with Crippen LogP contribution in [-0.2, 0) is 4.79 Å². The van der Waals surface area contributed by atoms with Gasteiger partial charge in [0.2, 0.25) is 5.91 Å². The van der Waals surface area contributed by atoms with E-state index < -0.39 is 0 Å². The van der Waals surface area contributed by atoms with Crippen LogP contribution in [0.1, 0.15) is 38.5 Å². The third-order valence-electron chi connectivity index (χ3n) is 3.30. The summed E-state index contributed by atoms with van der Waals surface area (Å²) in [4.78, 5) is 13.9. The maximum Gasteiger partial charge on any atom is 0.239 e. The van der Waals surface area contributed by atoms with E-state index in [4.69, 9.17) is 0 Å². The molecule has 0 aromatic carbocycles. The van der Waals surface area contributed by atoms with Crippen molar-refractivity contribution in [3.8, 4) is 0 Å². The maximum absolute atomic E-state index is 12.0. The molecule has 2 rings (SSSR count).